The van der Waals surface area contributed by atoms with Crippen molar-refractivity contribution in [1.29, 1.82) is 0 Å². The number of unbranched alkanes of at least 4 members (excludes halogenated alkanes) is 2. The zero-order chi connectivity index (χ0) is 37.1. The Bertz CT molecular complexity index is 1220. The molecule has 2 aliphatic rings. The number of benzene rings is 2. The quantitative estimate of drug-likeness (QED) is 0.143. The van der Waals surface area contributed by atoms with Gasteiger partial charge in [0, 0.05) is 0 Å². The van der Waals surface area contributed by atoms with Crippen LogP contribution < -0.4 is 9.47 Å². The predicted molar refractivity (Wildman–Crippen MR) is 221 cm³/mol. The van der Waals surface area contributed by atoms with E-state index in [1.165, 1.54) is 112 Å². The van der Waals surface area contributed by atoms with Crippen molar-refractivity contribution in [3.8, 4) is 11.5 Å². The van der Waals surface area contributed by atoms with Crippen LogP contribution in [-0.2, 0) is 10.8 Å². The molecule has 0 saturated carbocycles. The summed E-state index contributed by atoms with van der Waals surface area (Å²) in [7, 11) is 0. The van der Waals surface area contributed by atoms with Gasteiger partial charge in [-0.05, 0) is 161 Å². The zero-order valence-corrected chi connectivity index (χ0v) is 35.5. The third-order valence-corrected chi connectivity index (χ3v) is 11.8. The standard InChI is InChI=1S/C46H76N2O2S/c1-43(2,3)35-45(7,8)37-21-23-39(49-31-19-17-29-47-25-13-11-14-26-47)41(33-37)51-42-34-38(46(9,10)36-44(4,5)6)22-24-40(42)50-32-20-18-30-48-27-15-12-16-28-48/h21-24,33-34H,11-20,25-32,35-36H2,1-10H3. The first-order chi connectivity index (χ1) is 24.0. The van der Waals surface area contributed by atoms with Gasteiger partial charge in [-0.1, -0.05) is 106 Å². The molecule has 2 fully saturated rings. The van der Waals surface area contributed by atoms with Gasteiger partial charge in [0.05, 0.1) is 23.0 Å². The average molecular weight is 721 g/mol. The first-order valence-electron chi connectivity index (χ1n) is 20.7. The van der Waals surface area contributed by atoms with Gasteiger partial charge in [0.1, 0.15) is 11.5 Å². The van der Waals surface area contributed by atoms with Crippen molar-refractivity contribution in [2.24, 2.45) is 10.8 Å². The van der Waals surface area contributed by atoms with E-state index in [0.717, 1.165) is 50.4 Å². The predicted octanol–water partition coefficient (Wildman–Crippen LogP) is 12.6. The van der Waals surface area contributed by atoms with E-state index < -0.39 is 0 Å². The number of nitrogens with zero attached hydrogens (tertiary/aromatic N) is 2. The highest BCUT2D eigenvalue weighted by Crippen LogP contribution is 2.46. The minimum absolute atomic E-state index is 0.0464. The summed E-state index contributed by atoms with van der Waals surface area (Å²) < 4.78 is 13.3. The van der Waals surface area contributed by atoms with Crippen molar-refractivity contribution in [3.63, 3.8) is 0 Å². The molecule has 0 spiro atoms. The van der Waals surface area contributed by atoms with Crippen molar-refractivity contribution in [3.05, 3.63) is 47.5 Å². The van der Waals surface area contributed by atoms with Gasteiger partial charge in [0.2, 0.25) is 0 Å². The van der Waals surface area contributed by atoms with Crippen LogP contribution in [0.5, 0.6) is 11.5 Å². The van der Waals surface area contributed by atoms with Gasteiger partial charge in [-0.3, -0.25) is 0 Å². The molecule has 288 valence electrons. The van der Waals surface area contributed by atoms with Gasteiger partial charge in [0.15, 0.2) is 0 Å². The molecule has 0 aliphatic carbocycles. The largest absolute Gasteiger partial charge is 0.492 e. The molecule has 0 aromatic heterocycles. The molecule has 0 atom stereocenters. The molecule has 0 N–H and O–H groups in total. The van der Waals surface area contributed by atoms with E-state index in [2.05, 4.69) is 115 Å². The first kappa shape index (κ1) is 42.1. The fourth-order valence-electron chi connectivity index (χ4n) is 8.84. The second-order valence-electron chi connectivity index (χ2n) is 19.6. The highest BCUT2D eigenvalue weighted by atomic mass is 32.2. The SMILES string of the molecule is CC(C)(C)CC(C)(C)c1ccc(OCCCCN2CCCCC2)c(Sc2cc(C(C)(C)CC(C)(C)C)ccc2OCCCCN2CCCCC2)c1. The molecule has 5 heteroatoms. The fraction of sp³-hybridized carbons (Fsp3) is 0.739. The molecule has 0 bridgehead atoms. The monoisotopic (exact) mass is 721 g/mol. The molecule has 0 amide bonds. The van der Waals surface area contributed by atoms with E-state index in [1.54, 1.807) is 0 Å². The topological polar surface area (TPSA) is 24.9 Å². The molecular formula is C46H76N2O2S. The van der Waals surface area contributed by atoms with Crippen molar-refractivity contribution in [2.45, 2.75) is 167 Å². The number of hydrogen-bond donors (Lipinski definition) is 0. The fourth-order valence-corrected chi connectivity index (χ4v) is 9.90. The van der Waals surface area contributed by atoms with Gasteiger partial charge in [-0.2, -0.15) is 0 Å². The lowest BCUT2D eigenvalue weighted by Crippen LogP contribution is -2.30. The number of rotatable bonds is 18. The van der Waals surface area contributed by atoms with Gasteiger partial charge in [-0.15, -0.1) is 0 Å². The zero-order valence-electron chi connectivity index (χ0n) is 34.7. The Labute approximate surface area is 319 Å². The summed E-state index contributed by atoms with van der Waals surface area (Å²) in [6, 6.07) is 14.0. The number of hydrogen-bond acceptors (Lipinski definition) is 5. The molecule has 0 unspecified atom stereocenters. The van der Waals surface area contributed by atoms with Gasteiger partial charge in [-0.25, -0.2) is 0 Å². The molecule has 2 aromatic rings. The molecule has 2 aromatic carbocycles. The summed E-state index contributed by atoms with van der Waals surface area (Å²) in [6.45, 7) is 32.7. The Hall–Kier alpha value is -1.69. The van der Waals surface area contributed by atoms with Crippen LogP contribution in [0, 0.1) is 10.8 Å². The van der Waals surface area contributed by atoms with Crippen molar-refractivity contribution in [1.82, 2.24) is 9.80 Å². The lowest BCUT2D eigenvalue weighted by molar-refractivity contribution is 0.215. The molecule has 0 radical (unpaired) electrons. The maximum absolute atomic E-state index is 6.66. The summed E-state index contributed by atoms with van der Waals surface area (Å²) in [5.41, 5.74) is 3.32. The Kier molecular flexibility index (Phi) is 15.7. The van der Waals surface area contributed by atoms with Crippen LogP contribution in [-0.4, -0.2) is 62.3 Å². The molecule has 4 nitrogen and oxygen atoms in total. The number of likely N-dealkylation sites (tertiary alicyclic amines) is 2. The van der Waals surface area contributed by atoms with Crippen LogP contribution in [0.3, 0.4) is 0 Å². The molecule has 2 aliphatic heterocycles. The summed E-state index contributed by atoms with van der Waals surface area (Å²) in [6.07, 6.45) is 15.0. The lowest BCUT2D eigenvalue weighted by atomic mass is 9.72. The van der Waals surface area contributed by atoms with E-state index in [-0.39, 0.29) is 21.7 Å². The van der Waals surface area contributed by atoms with Crippen LogP contribution in [0.2, 0.25) is 0 Å². The van der Waals surface area contributed by atoms with E-state index >= 15 is 0 Å². The van der Waals surface area contributed by atoms with Crippen LogP contribution in [0.1, 0.15) is 157 Å². The summed E-state index contributed by atoms with van der Waals surface area (Å²) in [5, 5.41) is 0. The highest BCUT2D eigenvalue weighted by molar-refractivity contribution is 7.99. The Morgan fingerprint density at radius 3 is 1.24 bits per heavy atom. The maximum Gasteiger partial charge on any atom is 0.133 e. The molecule has 4 rings (SSSR count). The van der Waals surface area contributed by atoms with Crippen LogP contribution >= 0.6 is 11.8 Å². The Morgan fingerprint density at radius 2 is 0.882 bits per heavy atom. The van der Waals surface area contributed by atoms with Crippen molar-refractivity contribution < 1.29 is 9.47 Å². The average Bonchev–Trinajstić information content (AvgIpc) is 3.04. The van der Waals surface area contributed by atoms with Gasteiger partial charge < -0.3 is 19.3 Å². The normalized spacial score (nSPS) is 17.1. The third-order valence-electron chi connectivity index (χ3n) is 10.8. The van der Waals surface area contributed by atoms with Gasteiger partial charge in [0.25, 0.3) is 0 Å². The van der Waals surface area contributed by atoms with Crippen LogP contribution in [0.4, 0.5) is 0 Å². The van der Waals surface area contributed by atoms with Crippen molar-refractivity contribution in [2.75, 3.05) is 52.5 Å². The summed E-state index contributed by atoms with van der Waals surface area (Å²) >= 11 is 1.84. The third kappa shape index (κ3) is 14.6. The van der Waals surface area contributed by atoms with E-state index in [9.17, 15) is 0 Å². The molecule has 51 heavy (non-hydrogen) atoms. The minimum atomic E-state index is 0.0464. The van der Waals surface area contributed by atoms with Crippen LogP contribution in [0.25, 0.3) is 0 Å². The summed E-state index contributed by atoms with van der Waals surface area (Å²) in [5.74, 6) is 2.00. The smallest absolute Gasteiger partial charge is 0.133 e. The second kappa shape index (κ2) is 19.1. The maximum atomic E-state index is 6.66. The van der Waals surface area contributed by atoms with E-state index in [4.69, 9.17) is 9.47 Å². The van der Waals surface area contributed by atoms with Crippen LogP contribution in [0.15, 0.2) is 46.2 Å². The number of piperidine rings is 2. The molecular weight excluding hydrogens is 645 g/mol. The Morgan fingerprint density at radius 1 is 0.510 bits per heavy atom. The van der Waals surface area contributed by atoms with E-state index in [0.29, 0.717) is 0 Å². The number of ether oxygens (including phenoxy) is 2. The van der Waals surface area contributed by atoms with Gasteiger partial charge >= 0.3 is 0 Å². The second-order valence-corrected chi connectivity index (χ2v) is 20.7. The first-order valence-corrected chi connectivity index (χ1v) is 21.5. The highest BCUT2D eigenvalue weighted by Gasteiger charge is 2.30. The minimum Gasteiger partial charge on any atom is -0.492 e. The van der Waals surface area contributed by atoms with E-state index in [1.807, 2.05) is 11.8 Å². The summed E-state index contributed by atoms with van der Waals surface area (Å²) in [4.78, 5) is 7.68. The molecule has 2 saturated heterocycles. The Balaban J connectivity index is 1.57. The lowest BCUT2D eigenvalue weighted by Gasteiger charge is -2.34. The molecule has 2 heterocycles. The van der Waals surface area contributed by atoms with Crippen molar-refractivity contribution >= 4 is 11.8 Å².